The number of rotatable bonds is 5. The molecule has 1 fully saturated rings. The molecule has 0 radical (unpaired) electrons. The molecule has 1 aromatic rings. The van der Waals surface area contributed by atoms with Crippen molar-refractivity contribution >= 4 is 5.97 Å². The van der Waals surface area contributed by atoms with E-state index in [-0.39, 0.29) is 18.3 Å². The van der Waals surface area contributed by atoms with Crippen molar-refractivity contribution in [2.75, 3.05) is 0 Å². The highest BCUT2D eigenvalue weighted by molar-refractivity contribution is 5.70. The van der Waals surface area contributed by atoms with Gasteiger partial charge in [0.1, 0.15) is 0 Å². The van der Waals surface area contributed by atoms with Crippen molar-refractivity contribution in [2.24, 2.45) is 0 Å². The molecule has 0 saturated heterocycles. The summed E-state index contributed by atoms with van der Waals surface area (Å²) < 4.78 is 25.7. The summed E-state index contributed by atoms with van der Waals surface area (Å²) in [7, 11) is 0. The molecule has 1 aliphatic carbocycles. The zero-order chi connectivity index (χ0) is 13.4. The van der Waals surface area contributed by atoms with Gasteiger partial charge in [0.2, 0.25) is 5.92 Å². The summed E-state index contributed by atoms with van der Waals surface area (Å²) in [5, 5.41) is 8.86. The number of carboxylic acids is 1. The van der Waals surface area contributed by atoms with Crippen molar-refractivity contribution in [2.45, 2.75) is 43.9 Å². The Hall–Kier alpha value is -1.45. The second-order valence-electron chi connectivity index (χ2n) is 5.29. The van der Waals surface area contributed by atoms with E-state index in [1.807, 2.05) is 0 Å². The van der Waals surface area contributed by atoms with Crippen LogP contribution in [0.1, 0.15) is 37.3 Å². The lowest BCUT2D eigenvalue weighted by Gasteiger charge is -2.15. The van der Waals surface area contributed by atoms with Crippen LogP contribution in [0.2, 0.25) is 0 Å². The summed E-state index contributed by atoms with van der Waals surface area (Å²) in [5.74, 6) is -3.52. The van der Waals surface area contributed by atoms with Crippen molar-refractivity contribution in [3.63, 3.8) is 0 Å². The molecule has 2 nitrogen and oxygen atoms in total. The van der Waals surface area contributed by atoms with E-state index in [9.17, 15) is 13.6 Å². The van der Waals surface area contributed by atoms with Crippen molar-refractivity contribution in [3.05, 3.63) is 35.4 Å². The van der Waals surface area contributed by atoms with Crippen LogP contribution in [0.25, 0.3) is 0 Å². The molecule has 0 aromatic heterocycles. The second kappa shape index (κ2) is 4.34. The summed E-state index contributed by atoms with van der Waals surface area (Å²) in [5.41, 5.74) is 1.28. The van der Waals surface area contributed by atoms with E-state index in [1.165, 1.54) is 0 Å². The van der Waals surface area contributed by atoms with E-state index >= 15 is 0 Å². The standard InChI is InChI=1S/C14H16F2O2/c1-13(15,16)8-10-2-4-11(5-3-10)14(6-7-14)9-12(17)18/h2-5H,6-9H2,1H3,(H,17,18). The zero-order valence-corrected chi connectivity index (χ0v) is 10.2. The predicted octanol–water partition coefficient (Wildman–Crippen LogP) is 3.39. The maximum absolute atomic E-state index is 12.8. The molecule has 1 saturated carbocycles. The molecular weight excluding hydrogens is 238 g/mol. The molecule has 4 heteroatoms. The number of halogens is 2. The topological polar surface area (TPSA) is 37.3 Å². The van der Waals surface area contributed by atoms with E-state index in [2.05, 4.69) is 0 Å². The molecule has 0 atom stereocenters. The van der Waals surface area contributed by atoms with Gasteiger partial charge < -0.3 is 5.11 Å². The molecule has 2 rings (SSSR count). The van der Waals surface area contributed by atoms with E-state index in [0.717, 1.165) is 25.3 Å². The molecule has 0 bridgehead atoms. The van der Waals surface area contributed by atoms with Crippen LogP contribution in [0, 0.1) is 0 Å². The third kappa shape index (κ3) is 3.06. The van der Waals surface area contributed by atoms with E-state index in [4.69, 9.17) is 5.11 Å². The van der Waals surface area contributed by atoms with Crippen LogP contribution >= 0.6 is 0 Å². The van der Waals surface area contributed by atoms with Crippen LogP contribution in [0.4, 0.5) is 8.78 Å². The van der Waals surface area contributed by atoms with Crippen LogP contribution in [-0.2, 0) is 16.6 Å². The minimum atomic E-state index is -2.71. The summed E-state index contributed by atoms with van der Waals surface area (Å²) >= 11 is 0. The summed E-state index contributed by atoms with van der Waals surface area (Å²) in [4.78, 5) is 10.8. The fraction of sp³-hybridized carbons (Fsp3) is 0.500. The molecule has 0 spiro atoms. The van der Waals surface area contributed by atoms with E-state index in [0.29, 0.717) is 5.56 Å². The first-order chi connectivity index (χ1) is 8.31. The first kappa shape index (κ1) is 13.0. The van der Waals surface area contributed by atoms with Gasteiger partial charge in [-0.15, -0.1) is 0 Å². The fourth-order valence-electron chi connectivity index (χ4n) is 2.34. The SMILES string of the molecule is CC(F)(F)Cc1ccc(C2(CC(=O)O)CC2)cc1. The first-order valence-electron chi connectivity index (χ1n) is 6.00. The molecule has 0 heterocycles. The van der Waals surface area contributed by atoms with Crippen molar-refractivity contribution < 1.29 is 18.7 Å². The Morgan fingerprint density at radius 3 is 2.28 bits per heavy atom. The number of alkyl halides is 2. The number of hydrogen-bond donors (Lipinski definition) is 1. The van der Waals surface area contributed by atoms with Crippen LogP contribution in [0.15, 0.2) is 24.3 Å². The highest BCUT2D eigenvalue weighted by Crippen LogP contribution is 2.51. The van der Waals surface area contributed by atoms with Gasteiger partial charge in [0.15, 0.2) is 0 Å². The third-order valence-corrected chi connectivity index (χ3v) is 3.42. The van der Waals surface area contributed by atoms with Crippen LogP contribution in [-0.4, -0.2) is 17.0 Å². The van der Waals surface area contributed by atoms with Gasteiger partial charge in [-0.1, -0.05) is 24.3 Å². The first-order valence-corrected chi connectivity index (χ1v) is 6.00. The normalized spacial score (nSPS) is 17.5. The fourth-order valence-corrected chi connectivity index (χ4v) is 2.34. The predicted molar refractivity (Wildman–Crippen MR) is 63.9 cm³/mol. The lowest BCUT2D eigenvalue weighted by Crippen LogP contribution is -2.15. The maximum atomic E-state index is 12.8. The number of benzene rings is 1. The highest BCUT2D eigenvalue weighted by atomic mass is 19.3. The van der Waals surface area contributed by atoms with Gasteiger partial charge in [-0.25, -0.2) is 8.78 Å². The van der Waals surface area contributed by atoms with Gasteiger partial charge >= 0.3 is 5.97 Å². The molecular formula is C14H16F2O2. The lowest BCUT2D eigenvalue weighted by atomic mass is 9.91. The maximum Gasteiger partial charge on any atom is 0.304 e. The summed E-state index contributed by atoms with van der Waals surface area (Å²) in [6.07, 6.45) is 1.57. The highest BCUT2D eigenvalue weighted by Gasteiger charge is 2.45. The average molecular weight is 254 g/mol. The quantitative estimate of drug-likeness (QED) is 0.874. The monoisotopic (exact) mass is 254 g/mol. The molecule has 18 heavy (non-hydrogen) atoms. The van der Waals surface area contributed by atoms with Gasteiger partial charge in [-0.3, -0.25) is 4.79 Å². The average Bonchev–Trinajstić information content (AvgIpc) is 2.96. The van der Waals surface area contributed by atoms with Gasteiger partial charge in [0.25, 0.3) is 0 Å². The summed E-state index contributed by atoms with van der Waals surface area (Å²) in [6, 6.07) is 6.93. The Morgan fingerprint density at radius 1 is 1.33 bits per heavy atom. The Morgan fingerprint density at radius 2 is 1.89 bits per heavy atom. The molecule has 1 aromatic carbocycles. The van der Waals surface area contributed by atoms with Crippen molar-refractivity contribution in [3.8, 4) is 0 Å². The number of carboxylic acid groups (broad SMARTS) is 1. The van der Waals surface area contributed by atoms with E-state index < -0.39 is 11.9 Å². The number of aliphatic carboxylic acids is 1. The molecule has 0 unspecified atom stereocenters. The van der Waals surface area contributed by atoms with Crippen LogP contribution in [0.3, 0.4) is 0 Å². The van der Waals surface area contributed by atoms with E-state index in [1.54, 1.807) is 24.3 Å². The largest absolute Gasteiger partial charge is 0.481 e. The van der Waals surface area contributed by atoms with Gasteiger partial charge in [0.05, 0.1) is 6.42 Å². The van der Waals surface area contributed by atoms with Gasteiger partial charge in [-0.05, 0) is 30.9 Å². The Balaban J connectivity index is 2.11. The Labute approximate surface area is 105 Å². The Kier molecular flexibility index (Phi) is 3.13. The molecule has 0 aliphatic heterocycles. The minimum Gasteiger partial charge on any atom is -0.481 e. The Bertz CT molecular complexity index is 442. The number of hydrogen-bond acceptors (Lipinski definition) is 1. The molecule has 1 aliphatic rings. The molecule has 0 amide bonds. The van der Waals surface area contributed by atoms with Gasteiger partial charge in [-0.2, -0.15) is 0 Å². The summed E-state index contributed by atoms with van der Waals surface area (Å²) in [6.45, 7) is 0.897. The molecule has 98 valence electrons. The van der Waals surface area contributed by atoms with Crippen molar-refractivity contribution in [1.82, 2.24) is 0 Å². The zero-order valence-electron chi connectivity index (χ0n) is 10.2. The van der Waals surface area contributed by atoms with Crippen LogP contribution in [0.5, 0.6) is 0 Å². The third-order valence-electron chi connectivity index (χ3n) is 3.42. The van der Waals surface area contributed by atoms with Gasteiger partial charge in [0, 0.05) is 11.8 Å². The van der Waals surface area contributed by atoms with Crippen molar-refractivity contribution in [1.29, 1.82) is 0 Å². The molecule has 1 N–H and O–H groups in total. The number of carbonyl (C=O) groups is 1. The van der Waals surface area contributed by atoms with Crippen LogP contribution < -0.4 is 0 Å². The minimum absolute atomic E-state index is 0.121. The second-order valence-corrected chi connectivity index (χ2v) is 5.29. The smallest absolute Gasteiger partial charge is 0.304 e. The lowest BCUT2D eigenvalue weighted by molar-refractivity contribution is -0.137.